The van der Waals surface area contributed by atoms with Crippen molar-refractivity contribution in [3.05, 3.63) is 59.7 Å². The zero-order chi connectivity index (χ0) is 21.0. The van der Waals surface area contributed by atoms with E-state index in [0.29, 0.717) is 31.0 Å². The van der Waals surface area contributed by atoms with E-state index in [1.807, 2.05) is 43.3 Å². The molecule has 0 amide bonds. The van der Waals surface area contributed by atoms with Crippen LogP contribution in [0.25, 0.3) is 22.3 Å². The molecule has 0 atom stereocenters. The lowest BCUT2D eigenvalue weighted by Gasteiger charge is -2.26. The highest BCUT2D eigenvalue weighted by Crippen LogP contribution is 2.39. The van der Waals surface area contributed by atoms with Crippen molar-refractivity contribution in [3.63, 3.8) is 0 Å². The summed E-state index contributed by atoms with van der Waals surface area (Å²) in [5.74, 6) is 0.626. The molecule has 30 heavy (non-hydrogen) atoms. The van der Waals surface area contributed by atoms with Gasteiger partial charge in [-0.1, -0.05) is 31.0 Å². The van der Waals surface area contributed by atoms with Crippen LogP contribution < -0.4 is 5.32 Å². The second-order valence-electron chi connectivity index (χ2n) is 7.95. The first-order valence-corrected chi connectivity index (χ1v) is 10.5. The van der Waals surface area contributed by atoms with Crippen molar-refractivity contribution in [2.24, 2.45) is 5.41 Å². The van der Waals surface area contributed by atoms with Gasteiger partial charge in [-0.05, 0) is 55.7 Å². The highest BCUT2D eigenvalue weighted by atomic mass is 16.5. The molecule has 1 saturated carbocycles. The number of carbonyl (C=O) groups is 1. The summed E-state index contributed by atoms with van der Waals surface area (Å²) in [6, 6.07) is 17.7. The number of hydrogen-bond acceptors (Lipinski definition) is 5. The van der Waals surface area contributed by atoms with Crippen LogP contribution in [-0.4, -0.2) is 19.1 Å². The van der Waals surface area contributed by atoms with Crippen LogP contribution >= 0.6 is 0 Å². The summed E-state index contributed by atoms with van der Waals surface area (Å²) < 4.78 is 11.3. The third-order valence-electron chi connectivity index (χ3n) is 5.96. The summed E-state index contributed by atoms with van der Waals surface area (Å²) in [6.45, 7) is 3.59. The van der Waals surface area contributed by atoms with E-state index in [2.05, 4.69) is 17.5 Å². The normalized spacial score (nSPS) is 15.2. The Morgan fingerprint density at radius 1 is 1.20 bits per heavy atom. The van der Waals surface area contributed by atoms with Crippen molar-refractivity contribution in [2.75, 3.05) is 13.2 Å². The predicted molar refractivity (Wildman–Crippen MR) is 116 cm³/mol. The minimum absolute atomic E-state index is 0.0684. The van der Waals surface area contributed by atoms with Crippen molar-refractivity contribution in [2.45, 2.75) is 39.2 Å². The molecule has 0 unspecified atom stereocenters. The molecule has 0 saturated heterocycles. The smallest absolute Gasteiger partial charge is 0.313 e. The van der Waals surface area contributed by atoms with Crippen LogP contribution in [0.4, 0.5) is 0 Å². The number of carbonyl (C=O) groups excluding carboxylic acids is 1. The Morgan fingerprint density at radius 3 is 2.77 bits per heavy atom. The molecule has 1 aliphatic carbocycles. The first kappa shape index (κ1) is 20.2. The topological polar surface area (TPSA) is 75.3 Å². The molecule has 1 aliphatic rings. The average molecular weight is 402 g/mol. The van der Waals surface area contributed by atoms with E-state index in [1.54, 1.807) is 6.07 Å². The first-order valence-electron chi connectivity index (χ1n) is 10.5. The quantitative estimate of drug-likeness (QED) is 0.551. The van der Waals surface area contributed by atoms with Gasteiger partial charge in [0.2, 0.25) is 0 Å². The number of nitriles is 1. The molecule has 0 radical (unpaired) electrons. The van der Waals surface area contributed by atoms with Crippen molar-refractivity contribution < 1.29 is 13.9 Å². The number of benzene rings is 2. The van der Waals surface area contributed by atoms with Crippen molar-refractivity contribution >= 4 is 16.9 Å². The second-order valence-corrected chi connectivity index (χ2v) is 7.95. The lowest BCUT2D eigenvalue weighted by Crippen LogP contribution is -2.40. The van der Waals surface area contributed by atoms with Gasteiger partial charge >= 0.3 is 5.97 Å². The lowest BCUT2D eigenvalue weighted by atomic mass is 9.86. The van der Waals surface area contributed by atoms with E-state index in [4.69, 9.17) is 9.15 Å². The molecular weight excluding hydrogens is 376 g/mol. The number of rotatable bonds is 7. The summed E-state index contributed by atoms with van der Waals surface area (Å²) in [5.41, 5.74) is 2.93. The van der Waals surface area contributed by atoms with E-state index in [-0.39, 0.29) is 11.4 Å². The molecule has 1 aromatic heterocycles. The zero-order valence-electron chi connectivity index (χ0n) is 17.2. The first-order chi connectivity index (χ1) is 14.6. The Hall–Kier alpha value is -3.10. The van der Waals surface area contributed by atoms with Gasteiger partial charge in [0.15, 0.2) is 0 Å². The van der Waals surface area contributed by atoms with Gasteiger partial charge in [0.05, 0.1) is 23.7 Å². The number of nitrogens with zero attached hydrogens (tertiary/aromatic N) is 1. The van der Waals surface area contributed by atoms with Gasteiger partial charge < -0.3 is 14.5 Å². The lowest BCUT2D eigenvalue weighted by molar-refractivity contribution is -0.154. The molecule has 1 N–H and O–H groups in total. The molecule has 1 heterocycles. The Labute approximate surface area is 176 Å². The molecule has 0 aliphatic heterocycles. The van der Waals surface area contributed by atoms with Crippen LogP contribution in [0.5, 0.6) is 0 Å². The van der Waals surface area contributed by atoms with Crippen molar-refractivity contribution in [1.82, 2.24) is 5.32 Å². The van der Waals surface area contributed by atoms with Crippen molar-refractivity contribution in [3.8, 4) is 17.4 Å². The molecule has 0 spiro atoms. The minimum Gasteiger partial charge on any atom is -0.466 e. The highest BCUT2D eigenvalue weighted by Gasteiger charge is 2.42. The summed E-state index contributed by atoms with van der Waals surface area (Å²) in [7, 11) is 0. The summed E-state index contributed by atoms with van der Waals surface area (Å²) in [5, 5.41) is 13.8. The Bertz CT molecular complexity index is 1090. The average Bonchev–Trinajstić information content (AvgIpc) is 3.41. The van der Waals surface area contributed by atoms with E-state index in [1.165, 1.54) is 0 Å². The van der Waals surface area contributed by atoms with Crippen molar-refractivity contribution in [1.29, 1.82) is 5.26 Å². The molecule has 5 heteroatoms. The van der Waals surface area contributed by atoms with Gasteiger partial charge in [-0.2, -0.15) is 5.26 Å². The maximum absolute atomic E-state index is 12.5. The van der Waals surface area contributed by atoms with Gasteiger partial charge in [0.25, 0.3) is 0 Å². The standard InChI is InChI=1S/C25H26N2O3/c1-2-29-24(28)25(11-5-6-12-25)17-27-16-18-9-10-22-20(13-18)14-23(30-22)21-8-4-3-7-19(21)15-26/h3-4,7-10,13-14,27H,2,5-6,11-12,16-17H2,1H3. The van der Waals surface area contributed by atoms with Gasteiger partial charge in [-0.25, -0.2) is 0 Å². The zero-order valence-corrected chi connectivity index (χ0v) is 17.2. The maximum atomic E-state index is 12.5. The highest BCUT2D eigenvalue weighted by molar-refractivity contribution is 5.84. The monoisotopic (exact) mass is 402 g/mol. The van der Waals surface area contributed by atoms with Gasteiger partial charge in [-0.15, -0.1) is 0 Å². The van der Waals surface area contributed by atoms with Crippen LogP contribution in [-0.2, 0) is 16.1 Å². The summed E-state index contributed by atoms with van der Waals surface area (Å²) in [4.78, 5) is 12.5. The fourth-order valence-electron chi connectivity index (χ4n) is 4.37. The largest absolute Gasteiger partial charge is 0.466 e. The number of fused-ring (bicyclic) bond motifs is 1. The minimum atomic E-state index is -0.385. The summed E-state index contributed by atoms with van der Waals surface area (Å²) >= 11 is 0. The molecule has 1 fully saturated rings. The SMILES string of the molecule is CCOC(=O)C1(CNCc2ccc3oc(-c4ccccc4C#N)cc3c2)CCCC1. The second kappa shape index (κ2) is 8.73. The van der Waals surface area contributed by atoms with E-state index in [0.717, 1.165) is 47.8 Å². The van der Waals surface area contributed by atoms with E-state index in [9.17, 15) is 10.1 Å². The fraction of sp³-hybridized carbons (Fsp3) is 0.360. The van der Waals surface area contributed by atoms with Crippen LogP contribution in [0.15, 0.2) is 52.9 Å². The molecular formula is C25H26N2O3. The Morgan fingerprint density at radius 2 is 2.00 bits per heavy atom. The molecule has 4 rings (SSSR count). The predicted octanol–water partition coefficient (Wildman–Crippen LogP) is 5.18. The number of furan rings is 1. The number of nitrogens with one attached hydrogen (secondary N) is 1. The van der Waals surface area contributed by atoms with Crippen LogP contribution in [0.2, 0.25) is 0 Å². The molecule has 0 bridgehead atoms. The van der Waals surface area contributed by atoms with Crippen LogP contribution in [0.1, 0.15) is 43.7 Å². The molecule has 3 aromatic rings. The van der Waals surface area contributed by atoms with Crippen LogP contribution in [0, 0.1) is 16.7 Å². The van der Waals surface area contributed by atoms with Gasteiger partial charge in [0, 0.05) is 24.0 Å². The van der Waals surface area contributed by atoms with E-state index >= 15 is 0 Å². The molecule has 154 valence electrons. The Balaban J connectivity index is 1.48. The van der Waals surface area contributed by atoms with Gasteiger partial charge in [0.1, 0.15) is 11.3 Å². The van der Waals surface area contributed by atoms with E-state index < -0.39 is 0 Å². The number of esters is 1. The molecule has 5 nitrogen and oxygen atoms in total. The molecule has 2 aromatic carbocycles. The Kier molecular flexibility index (Phi) is 5.87. The maximum Gasteiger partial charge on any atom is 0.313 e. The number of hydrogen-bond donors (Lipinski definition) is 1. The fourth-order valence-corrected chi connectivity index (χ4v) is 4.37. The van der Waals surface area contributed by atoms with Gasteiger partial charge in [-0.3, -0.25) is 4.79 Å². The number of ether oxygens (including phenoxy) is 1. The third-order valence-corrected chi connectivity index (χ3v) is 5.96. The summed E-state index contributed by atoms with van der Waals surface area (Å²) in [6.07, 6.45) is 3.94. The van der Waals surface area contributed by atoms with Crippen LogP contribution in [0.3, 0.4) is 0 Å². The third kappa shape index (κ3) is 3.96.